The van der Waals surface area contributed by atoms with Crippen molar-refractivity contribution in [2.75, 3.05) is 0 Å². The predicted molar refractivity (Wildman–Crippen MR) is 89.6 cm³/mol. The fraction of sp³-hybridized carbons (Fsp3) is 0.222. The number of nitrogens with zero attached hydrogens (tertiary/aromatic N) is 2. The van der Waals surface area contributed by atoms with Gasteiger partial charge in [-0.15, -0.1) is 0 Å². The smallest absolute Gasteiger partial charge is 0.0633 e. The molecular formula is C18H20N4. The molecule has 0 aromatic carbocycles. The first kappa shape index (κ1) is 14.6. The zero-order chi connectivity index (χ0) is 15.4. The number of nitrogens with two attached hydrogens (primary N) is 2. The summed E-state index contributed by atoms with van der Waals surface area (Å²) in [6, 6.07) is 11.5. The lowest BCUT2D eigenvalue weighted by Crippen LogP contribution is -2.45. The Labute approximate surface area is 130 Å². The van der Waals surface area contributed by atoms with Gasteiger partial charge in [0.2, 0.25) is 0 Å². The normalized spacial score (nSPS) is 25.5. The molecule has 1 saturated carbocycles. The number of hydrogen-bond acceptors (Lipinski definition) is 4. The van der Waals surface area contributed by atoms with Crippen LogP contribution in [0.25, 0.3) is 12.2 Å². The van der Waals surface area contributed by atoms with Crippen LogP contribution in [0.2, 0.25) is 0 Å². The van der Waals surface area contributed by atoms with E-state index in [0.717, 1.165) is 29.8 Å². The van der Waals surface area contributed by atoms with Crippen molar-refractivity contribution in [1.29, 1.82) is 0 Å². The molecule has 0 spiro atoms. The van der Waals surface area contributed by atoms with Crippen LogP contribution in [0, 0.1) is 0 Å². The lowest BCUT2D eigenvalue weighted by Gasteiger charge is -2.30. The molecule has 4 heteroatoms. The molecule has 4 nitrogen and oxygen atoms in total. The molecule has 1 aliphatic rings. The van der Waals surface area contributed by atoms with Crippen molar-refractivity contribution >= 4 is 12.2 Å². The first-order valence-corrected chi connectivity index (χ1v) is 7.50. The molecule has 2 aromatic rings. The molecule has 0 unspecified atom stereocenters. The summed E-state index contributed by atoms with van der Waals surface area (Å²) in [5, 5.41) is 0. The molecule has 1 aliphatic carbocycles. The van der Waals surface area contributed by atoms with Gasteiger partial charge in [-0.3, -0.25) is 9.97 Å². The Bertz CT molecular complexity index is 677. The first-order valence-electron chi connectivity index (χ1n) is 7.50. The molecular weight excluding hydrogens is 272 g/mol. The third kappa shape index (κ3) is 3.30. The van der Waals surface area contributed by atoms with Crippen LogP contribution in [0.5, 0.6) is 0 Å². The van der Waals surface area contributed by atoms with Gasteiger partial charge in [-0.1, -0.05) is 12.1 Å². The quantitative estimate of drug-likeness (QED) is 0.891. The predicted octanol–water partition coefficient (Wildman–Crippen LogP) is 2.39. The van der Waals surface area contributed by atoms with Crippen LogP contribution in [0.15, 0.2) is 59.9 Å². The molecule has 0 amide bonds. The number of hydrogen-bond donors (Lipinski definition) is 2. The highest BCUT2D eigenvalue weighted by Crippen LogP contribution is 2.30. The Kier molecular flexibility index (Phi) is 4.42. The van der Waals surface area contributed by atoms with Crippen molar-refractivity contribution in [3.8, 4) is 0 Å². The standard InChI is InChI=1S/C18H20N4/c19-17-8-7-13(11-14-5-1-3-9-21-14)16(18(17)20)12-15-6-2-4-10-22-15/h1-6,9-12,17-18H,7-8,19-20H2/t17-,18-/m0/s1. The summed E-state index contributed by atoms with van der Waals surface area (Å²) in [5.74, 6) is 0. The fourth-order valence-corrected chi connectivity index (χ4v) is 2.70. The highest BCUT2D eigenvalue weighted by atomic mass is 14.8. The zero-order valence-electron chi connectivity index (χ0n) is 12.4. The van der Waals surface area contributed by atoms with E-state index < -0.39 is 0 Å². The van der Waals surface area contributed by atoms with E-state index in [0.29, 0.717) is 0 Å². The minimum atomic E-state index is -0.175. The van der Waals surface area contributed by atoms with Gasteiger partial charge in [-0.2, -0.15) is 0 Å². The van der Waals surface area contributed by atoms with Crippen LogP contribution < -0.4 is 11.5 Å². The van der Waals surface area contributed by atoms with Gasteiger partial charge in [0.1, 0.15) is 0 Å². The Morgan fingerprint density at radius 2 is 1.55 bits per heavy atom. The third-order valence-electron chi connectivity index (χ3n) is 3.94. The van der Waals surface area contributed by atoms with Crippen LogP contribution in [-0.4, -0.2) is 22.1 Å². The second-order valence-corrected chi connectivity index (χ2v) is 5.51. The van der Waals surface area contributed by atoms with E-state index in [1.807, 2.05) is 42.5 Å². The minimum absolute atomic E-state index is 0.0177. The number of rotatable bonds is 2. The number of aromatic nitrogens is 2. The van der Waals surface area contributed by atoms with Crippen LogP contribution in [0.3, 0.4) is 0 Å². The van der Waals surface area contributed by atoms with Crippen molar-refractivity contribution in [1.82, 2.24) is 9.97 Å². The first-order chi connectivity index (χ1) is 10.7. The maximum atomic E-state index is 6.33. The van der Waals surface area contributed by atoms with Gasteiger partial charge in [0.05, 0.1) is 11.4 Å². The molecule has 2 heterocycles. The van der Waals surface area contributed by atoms with Gasteiger partial charge < -0.3 is 11.5 Å². The molecule has 3 rings (SSSR count). The van der Waals surface area contributed by atoms with E-state index in [2.05, 4.69) is 16.0 Å². The zero-order valence-corrected chi connectivity index (χ0v) is 12.4. The van der Waals surface area contributed by atoms with Crippen molar-refractivity contribution < 1.29 is 0 Å². The second-order valence-electron chi connectivity index (χ2n) is 5.51. The average Bonchev–Trinajstić information content (AvgIpc) is 2.56. The lowest BCUT2D eigenvalue weighted by atomic mass is 9.81. The maximum Gasteiger partial charge on any atom is 0.0633 e. The average molecular weight is 292 g/mol. The van der Waals surface area contributed by atoms with Crippen molar-refractivity contribution in [2.45, 2.75) is 24.9 Å². The van der Waals surface area contributed by atoms with Gasteiger partial charge in [0, 0.05) is 24.5 Å². The summed E-state index contributed by atoms with van der Waals surface area (Å²) in [6.45, 7) is 0. The monoisotopic (exact) mass is 292 g/mol. The van der Waals surface area contributed by atoms with Crippen molar-refractivity contribution in [2.24, 2.45) is 11.5 Å². The molecule has 0 bridgehead atoms. The second kappa shape index (κ2) is 6.64. The molecule has 1 fully saturated rings. The molecule has 2 aromatic heterocycles. The highest BCUT2D eigenvalue weighted by molar-refractivity contribution is 5.66. The van der Waals surface area contributed by atoms with Crippen LogP contribution in [0.1, 0.15) is 24.2 Å². The summed E-state index contributed by atoms with van der Waals surface area (Å²) < 4.78 is 0. The van der Waals surface area contributed by atoms with E-state index >= 15 is 0 Å². The van der Waals surface area contributed by atoms with Gasteiger partial charge in [0.15, 0.2) is 0 Å². The van der Waals surface area contributed by atoms with Crippen LogP contribution in [0.4, 0.5) is 0 Å². The molecule has 4 N–H and O–H groups in total. The molecule has 0 aliphatic heterocycles. The van der Waals surface area contributed by atoms with E-state index in [1.54, 1.807) is 12.4 Å². The van der Waals surface area contributed by atoms with E-state index in [9.17, 15) is 0 Å². The molecule has 2 atom stereocenters. The Balaban J connectivity index is 2.00. The Morgan fingerprint density at radius 1 is 0.909 bits per heavy atom. The topological polar surface area (TPSA) is 77.8 Å². The van der Waals surface area contributed by atoms with Gasteiger partial charge in [-0.05, 0) is 60.4 Å². The highest BCUT2D eigenvalue weighted by Gasteiger charge is 2.26. The Morgan fingerprint density at radius 3 is 2.14 bits per heavy atom. The Hall–Kier alpha value is -2.30. The van der Waals surface area contributed by atoms with Crippen molar-refractivity contribution in [3.05, 3.63) is 71.3 Å². The fourth-order valence-electron chi connectivity index (χ4n) is 2.70. The summed E-state index contributed by atoms with van der Waals surface area (Å²) in [7, 11) is 0. The maximum absolute atomic E-state index is 6.33. The van der Waals surface area contributed by atoms with Gasteiger partial charge in [-0.25, -0.2) is 0 Å². The van der Waals surface area contributed by atoms with E-state index in [1.165, 1.54) is 5.57 Å². The van der Waals surface area contributed by atoms with Crippen LogP contribution in [-0.2, 0) is 0 Å². The summed E-state index contributed by atoms with van der Waals surface area (Å²) in [5.41, 5.74) is 16.6. The van der Waals surface area contributed by atoms with Crippen LogP contribution >= 0.6 is 0 Å². The summed E-state index contributed by atoms with van der Waals surface area (Å²) >= 11 is 0. The van der Waals surface area contributed by atoms with Gasteiger partial charge >= 0.3 is 0 Å². The van der Waals surface area contributed by atoms with E-state index in [4.69, 9.17) is 11.5 Å². The van der Waals surface area contributed by atoms with Gasteiger partial charge in [0.25, 0.3) is 0 Å². The summed E-state index contributed by atoms with van der Waals surface area (Å²) in [6.07, 6.45) is 9.51. The molecule has 112 valence electrons. The third-order valence-corrected chi connectivity index (χ3v) is 3.94. The molecule has 22 heavy (non-hydrogen) atoms. The minimum Gasteiger partial charge on any atom is -0.326 e. The molecule has 0 saturated heterocycles. The summed E-state index contributed by atoms with van der Waals surface area (Å²) in [4.78, 5) is 8.73. The van der Waals surface area contributed by atoms with Crippen molar-refractivity contribution in [3.63, 3.8) is 0 Å². The van der Waals surface area contributed by atoms with E-state index in [-0.39, 0.29) is 12.1 Å². The molecule has 0 radical (unpaired) electrons. The lowest BCUT2D eigenvalue weighted by molar-refractivity contribution is 0.511. The largest absolute Gasteiger partial charge is 0.326 e. The number of pyridine rings is 2. The SMILES string of the molecule is N[C@H]1CCC(=Cc2ccccn2)C(=Cc2ccccn2)[C@@H]1N.